The summed E-state index contributed by atoms with van der Waals surface area (Å²) in [6.07, 6.45) is 1.65. The molecule has 0 bridgehead atoms. The van der Waals surface area contributed by atoms with Crippen LogP contribution < -0.4 is 10.6 Å². The second-order valence-corrected chi connectivity index (χ2v) is 4.93. The second kappa shape index (κ2) is 6.29. The van der Waals surface area contributed by atoms with E-state index in [-0.39, 0.29) is 11.9 Å². The molecule has 0 atom stereocenters. The van der Waals surface area contributed by atoms with Crippen LogP contribution in [-0.2, 0) is 11.8 Å². The summed E-state index contributed by atoms with van der Waals surface area (Å²) in [5.74, 6) is 0.704. The largest absolute Gasteiger partial charge is 0.325 e. The Kier molecular flexibility index (Phi) is 4.47. The number of carbonyl (C=O) groups excluding carboxylic acids is 1. The lowest BCUT2D eigenvalue weighted by Crippen LogP contribution is -2.32. The van der Waals surface area contributed by atoms with Gasteiger partial charge in [0.25, 0.3) is 0 Å². The van der Waals surface area contributed by atoms with Gasteiger partial charge < -0.3 is 15.2 Å². The number of rotatable bonds is 5. The number of amides is 1. The summed E-state index contributed by atoms with van der Waals surface area (Å²) in [7, 11) is 1.88. The van der Waals surface area contributed by atoms with Crippen LogP contribution in [0, 0.1) is 0 Å². The van der Waals surface area contributed by atoms with Crippen molar-refractivity contribution in [3.05, 3.63) is 30.6 Å². The van der Waals surface area contributed by atoms with Gasteiger partial charge in [-0.1, -0.05) is 26.0 Å². The highest BCUT2D eigenvalue weighted by Crippen LogP contribution is 2.19. The fourth-order valence-electron chi connectivity index (χ4n) is 1.78. The Morgan fingerprint density at radius 2 is 2.20 bits per heavy atom. The van der Waals surface area contributed by atoms with E-state index in [1.54, 1.807) is 6.33 Å². The van der Waals surface area contributed by atoms with Gasteiger partial charge in [0.05, 0.1) is 6.54 Å². The summed E-state index contributed by atoms with van der Waals surface area (Å²) in [6, 6.07) is 7.84. The molecule has 0 fully saturated rings. The molecule has 1 aromatic heterocycles. The van der Waals surface area contributed by atoms with Crippen LogP contribution in [0.3, 0.4) is 0 Å². The molecule has 0 aliphatic heterocycles. The molecule has 0 aliphatic rings. The molecule has 2 aromatic rings. The molecule has 6 heteroatoms. The lowest BCUT2D eigenvalue weighted by Gasteiger charge is -2.09. The number of anilines is 1. The number of carbonyl (C=O) groups is 1. The monoisotopic (exact) mass is 273 g/mol. The van der Waals surface area contributed by atoms with Gasteiger partial charge in [-0.2, -0.15) is 0 Å². The number of nitrogens with zero attached hydrogens (tertiary/aromatic N) is 3. The molecule has 1 amide bonds. The molecular weight excluding hydrogens is 254 g/mol. The number of hydrogen-bond donors (Lipinski definition) is 2. The quantitative estimate of drug-likeness (QED) is 0.864. The Balaban J connectivity index is 2.07. The molecule has 0 saturated carbocycles. The summed E-state index contributed by atoms with van der Waals surface area (Å²) in [6.45, 7) is 4.30. The van der Waals surface area contributed by atoms with E-state index >= 15 is 0 Å². The smallest absolute Gasteiger partial charge is 0.238 e. The first kappa shape index (κ1) is 14.2. The third kappa shape index (κ3) is 3.64. The number of benzene rings is 1. The van der Waals surface area contributed by atoms with E-state index in [0.717, 1.165) is 17.1 Å². The van der Waals surface area contributed by atoms with Crippen molar-refractivity contribution in [1.82, 2.24) is 20.1 Å². The average molecular weight is 273 g/mol. The van der Waals surface area contributed by atoms with Crippen molar-refractivity contribution in [2.45, 2.75) is 19.9 Å². The maximum absolute atomic E-state index is 11.8. The van der Waals surface area contributed by atoms with Gasteiger partial charge in [-0.3, -0.25) is 4.79 Å². The summed E-state index contributed by atoms with van der Waals surface area (Å²) >= 11 is 0. The Bertz CT molecular complexity index is 591. The third-order valence-corrected chi connectivity index (χ3v) is 2.79. The molecule has 1 heterocycles. The van der Waals surface area contributed by atoms with Crippen LogP contribution in [0.5, 0.6) is 0 Å². The van der Waals surface area contributed by atoms with Crippen LogP contribution in [0.4, 0.5) is 5.69 Å². The number of aromatic nitrogens is 3. The minimum Gasteiger partial charge on any atom is -0.325 e. The van der Waals surface area contributed by atoms with Gasteiger partial charge >= 0.3 is 0 Å². The topological polar surface area (TPSA) is 71.8 Å². The molecule has 0 unspecified atom stereocenters. The van der Waals surface area contributed by atoms with Crippen LogP contribution in [-0.4, -0.2) is 33.3 Å². The van der Waals surface area contributed by atoms with Gasteiger partial charge in [0.2, 0.25) is 5.91 Å². The van der Waals surface area contributed by atoms with E-state index in [4.69, 9.17) is 0 Å². The predicted octanol–water partition coefficient (Wildman–Crippen LogP) is 1.42. The standard InChI is InChI=1S/C14H19N5O/c1-10(2)15-8-13(20)17-12-6-4-5-11(7-12)14-18-16-9-19(14)3/h4-7,9-10,15H,8H2,1-3H3,(H,17,20). The van der Waals surface area contributed by atoms with E-state index in [9.17, 15) is 4.79 Å². The van der Waals surface area contributed by atoms with Gasteiger partial charge in [-0.15, -0.1) is 10.2 Å². The van der Waals surface area contributed by atoms with Crippen LogP contribution in [0.2, 0.25) is 0 Å². The molecule has 0 aliphatic carbocycles. The highest BCUT2D eigenvalue weighted by molar-refractivity contribution is 5.92. The van der Waals surface area contributed by atoms with Gasteiger partial charge in [0.15, 0.2) is 5.82 Å². The van der Waals surface area contributed by atoms with Gasteiger partial charge in [-0.25, -0.2) is 0 Å². The predicted molar refractivity (Wildman–Crippen MR) is 78.2 cm³/mol. The maximum Gasteiger partial charge on any atom is 0.238 e. The Morgan fingerprint density at radius 1 is 1.40 bits per heavy atom. The molecule has 1 aromatic carbocycles. The first-order valence-corrected chi connectivity index (χ1v) is 6.54. The molecule has 2 N–H and O–H groups in total. The lowest BCUT2D eigenvalue weighted by molar-refractivity contribution is -0.115. The van der Waals surface area contributed by atoms with Crippen molar-refractivity contribution in [1.29, 1.82) is 0 Å². The van der Waals surface area contributed by atoms with Crippen LogP contribution in [0.1, 0.15) is 13.8 Å². The SMILES string of the molecule is CC(C)NCC(=O)Nc1cccc(-c2nncn2C)c1. The van der Waals surface area contributed by atoms with Crippen molar-refractivity contribution in [3.63, 3.8) is 0 Å². The van der Waals surface area contributed by atoms with E-state index in [2.05, 4.69) is 20.8 Å². The van der Waals surface area contributed by atoms with E-state index in [1.807, 2.05) is 49.7 Å². The minimum absolute atomic E-state index is 0.0613. The maximum atomic E-state index is 11.8. The van der Waals surface area contributed by atoms with Gasteiger partial charge in [0.1, 0.15) is 6.33 Å². The Hall–Kier alpha value is -2.21. The average Bonchev–Trinajstić information content (AvgIpc) is 2.83. The van der Waals surface area contributed by atoms with Gasteiger partial charge in [0, 0.05) is 24.3 Å². The first-order valence-electron chi connectivity index (χ1n) is 6.54. The number of nitrogens with one attached hydrogen (secondary N) is 2. The molecule has 106 valence electrons. The normalized spacial score (nSPS) is 10.8. The summed E-state index contributed by atoms with van der Waals surface area (Å²) in [5.41, 5.74) is 1.67. The molecule has 0 radical (unpaired) electrons. The van der Waals surface area contributed by atoms with E-state index in [1.165, 1.54) is 0 Å². The van der Waals surface area contributed by atoms with Crippen LogP contribution >= 0.6 is 0 Å². The molecule has 0 saturated heterocycles. The Morgan fingerprint density at radius 3 is 2.85 bits per heavy atom. The minimum atomic E-state index is -0.0613. The summed E-state index contributed by atoms with van der Waals surface area (Å²) in [4.78, 5) is 11.8. The zero-order chi connectivity index (χ0) is 14.5. The van der Waals surface area contributed by atoms with Crippen molar-refractivity contribution < 1.29 is 4.79 Å². The molecular formula is C14H19N5O. The molecule has 0 spiro atoms. The van der Waals surface area contributed by atoms with Gasteiger partial charge in [-0.05, 0) is 12.1 Å². The fraction of sp³-hybridized carbons (Fsp3) is 0.357. The zero-order valence-corrected chi connectivity index (χ0v) is 11.9. The van der Waals surface area contributed by atoms with Crippen LogP contribution in [0.15, 0.2) is 30.6 Å². The Labute approximate surface area is 118 Å². The third-order valence-electron chi connectivity index (χ3n) is 2.79. The van der Waals surface area contributed by atoms with E-state index in [0.29, 0.717) is 6.54 Å². The number of aryl methyl sites for hydroxylation is 1. The van der Waals surface area contributed by atoms with Crippen molar-refractivity contribution >= 4 is 11.6 Å². The zero-order valence-electron chi connectivity index (χ0n) is 11.9. The molecule has 6 nitrogen and oxygen atoms in total. The molecule has 20 heavy (non-hydrogen) atoms. The number of hydrogen-bond acceptors (Lipinski definition) is 4. The highest BCUT2D eigenvalue weighted by Gasteiger charge is 2.07. The lowest BCUT2D eigenvalue weighted by atomic mass is 10.2. The molecule has 2 rings (SSSR count). The van der Waals surface area contributed by atoms with E-state index < -0.39 is 0 Å². The highest BCUT2D eigenvalue weighted by atomic mass is 16.1. The first-order chi connectivity index (χ1) is 9.56. The summed E-state index contributed by atoms with van der Waals surface area (Å²) < 4.78 is 1.83. The van der Waals surface area contributed by atoms with Crippen molar-refractivity contribution in [2.24, 2.45) is 7.05 Å². The second-order valence-electron chi connectivity index (χ2n) is 4.93. The van der Waals surface area contributed by atoms with Crippen molar-refractivity contribution in [3.8, 4) is 11.4 Å². The fourth-order valence-corrected chi connectivity index (χ4v) is 1.78. The van der Waals surface area contributed by atoms with Crippen LogP contribution in [0.25, 0.3) is 11.4 Å². The summed E-state index contributed by atoms with van der Waals surface area (Å²) in [5, 5.41) is 13.8. The van der Waals surface area contributed by atoms with Crippen molar-refractivity contribution in [2.75, 3.05) is 11.9 Å².